The Labute approximate surface area is 149 Å². The number of hydrogen-bond donors (Lipinski definition) is 1. The van der Waals surface area contributed by atoms with Gasteiger partial charge in [-0.05, 0) is 40.6 Å². The van der Waals surface area contributed by atoms with Crippen LogP contribution in [0.3, 0.4) is 0 Å². The van der Waals surface area contributed by atoms with E-state index in [1.807, 2.05) is 24.3 Å². The van der Waals surface area contributed by atoms with Crippen LogP contribution in [0.2, 0.25) is 0 Å². The molecule has 1 aromatic heterocycles. The summed E-state index contributed by atoms with van der Waals surface area (Å²) in [6.07, 6.45) is 0.592. The predicted octanol–water partition coefficient (Wildman–Crippen LogP) is 2.98. The molecule has 0 saturated heterocycles. The molecule has 0 spiro atoms. The lowest BCUT2D eigenvalue weighted by Gasteiger charge is -2.31. The Balaban J connectivity index is 1.73. The summed E-state index contributed by atoms with van der Waals surface area (Å²) in [4.78, 5) is 0. The standard InChI is InChI=1S/C18H18FN5O2/c1-25-16-8-7-11(9-17(16)26-2)14-10-15(12-5-3-4-6-13(12)19)24-18(20-14)21-22-23-24/h3-9,14-15H,10H2,1-2H3,(H,20,21,23)/t14-,15-/m1/s1. The number of benzene rings is 2. The normalized spacial score (nSPS) is 18.7. The molecule has 0 saturated carbocycles. The number of fused-ring (bicyclic) bond motifs is 1. The van der Waals surface area contributed by atoms with Gasteiger partial charge in [0.25, 0.3) is 0 Å². The summed E-state index contributed by atoms with van der Waals surface area (Å²) in [7, 11) is 3.19. The van der Waals surface area contributed by atoms with E-state index >= 15 is 0 Å². The number of nitrogens with zero attached hydrogens (tertiary/aromatic N) is 4. The Morgan fingerprint density at radius 3 is 2.69 bits per heavy atom. The quantitative estimate of drug-likeness (QED) is 0.776. The second kappa shape index (κ2) is 6.62. The van der Waals surface area contributed by atoms with Gasteiger partial charge in [-0.3, -0.25) is 0 Å². The number of rotatable bonds is 4. The Morgan fingerprint density at radius 1 is 1.12 bits per heavy atom. The average molecular weight is 355 g/mol. The summed E-state index contributed by atoms with van der Waals surface area (Å²) in [5, 5.41) is 15.1. The topological polar surface area (TPSA) is 74.1 Å². The zero-order chi connectivity index (χ0) is 18.1. The summed E-state index contributed by atoms with van der Waals surface area (Å²) in [5.41, 5.74) is 1.55. The van der Waals surface area contributed by atoms with Crippen molar-refractivity contribution in [2.75, 3.05) is 19.5 Å². The van der Waals surface area contributed by atoms with E-state index in [0.717, 1.165) is 5.56 Å². The number of ether oxygens (including phenoxy) is 2. The van der Waals surface area contributed by atoms with Crippen molar-refractivity contribution in [2.45, 2.75) is 18.5 Å². The van der Waals surface area contributed by atoms with Gasteiger partial charge >= 0.3 is 0 Å². The van der Waals surface area contributed by atoms with Gasteiger partial charge in [0.15, 0.2) is 11.5 Å². The molecule has 2 aromatic carbocycles. The van der Waals surface area contributed by atoms with Gasteiger partial charge in [-0.2, -0.15) is 0 Å². The fourth-order valence-electron chi connectivity index (χ4n) is 3.33. The number of halogens is 1. The van der Waals surface area contributed by atoms with Crippen molar-refractivity contribution < 1.29 is 13.9 Å². The van der Waals surface area contributed by atoms with Crippen LogP contribution in [0.1, 0.15) is 29.6 Å². The van der Waals surface area contributed by atoms with Crippen molar-refractivity contribution in [3.63, 3.8) is 0 Å². The van der Waals surface area contributed by atoms with Gasteiger partial charge in [0, 0.05) is 5.56 Å². The Morgan fingerprint density at radius 2 is 1.92 bits per heavy atom. The molecule has 2 atom stereocenters. The van der Waals surface area contributed by atoms with E-state index in [0.29, 0.717) is 29.4 Å². The van der Waals surface area contributed by atoms with E-state index in [-0.39, 0.29) is 17.9 Å². The number of hydrogen-bond acceptors (Lipinski definition) is 6. The van der Waals surface area contributed by atoms with Crippen molar-refractivity contribution in [1.82, 2.24) is 20.2 Å². The van der Waals surface area contributed by atoms with Crippen molar-refractivity contribution in [3.05, 3.63) is 59.4 Å². The van der Waals surface area contributed by atoms with Crippen LogP contribution in [0.15, 0.2) is 42.5 Å². The summed E-state index contributed by atoms with van der Waals surface area (Å²) in [5.74, 6) is 1.53. The molecule has 0 fully saturated rings. The Kier molecular flexibility index (Phi) is 4.16. The monoisotopic (exact) mass is 355 g/mol. The molecule has 1 N–H and O–H groups in total. The van der Waals surface area contributed by atoms with E-state index in [1.165, 1.54) is 6.07 Å². The largest absolute Gasteiger partial charge is 0.493 e. The highest BCUT2D eigenvalue weighted by molar-refractivity contribution is 5.46. The molecule has 0 bridgehead atoms. The molecule has 7 nitrogen and oxygen atoms in total. The molecule has 8 heteroatoms. The van der Waals surface area contributed by atoms with Crippen LogP contribution in [0.4, 0.5) is 10.3 Å². The molecule has 2 heterocycles. The van der Waals surface area contributed by atoms with Crippen LogP contribution in [-0.4, -0.2) is 34.4 Å². The molecule has 134 valence electrons. The second-order valence-electron chi connectivity index (χ2n) is 6.03. The maximum absolute atomic E-state index is 14.4. The zero-order valence-electron chi connectivity index (χ0n) is 14.4. The molecule has 4 rings (SSSR count). The third kappa shape index (κ3) is 2.73. The number of anilines is 1. The molecule has 3 aromatic rings. The molecule has 1 aliphatic rings. The minimum Gasteiger partial charge on any atom is -0.493 e. The van der Waals surface area contributed by atoms with Crippen molar-refractivity contribution in [3.8, 4) is 11.5 Å². The van der Waals surface area contributed by atoms with Gasteiger partial charge < -0.3 is 14.8 Å². The lowest BCUT2D eigenvalue weighted by molar-refractivity contribution is 0.353. The summed E-state index contributed by atoms with van der Waals surface area (Å²) < 4.78 is 26.7. The fraction of sp³-hybridized carbons (Fsp3) is 0.278. The molecule has 0 amide bonds. The van der Waals surface area contributed by atoms with E-state index in [4.69, 9.17) is 9.47 Å². The van der Waals surface area contributed by atoms with Crippen LogP contribution >= 0.6 is 0 Å². The summed E-state index contributed by atoms with van der Waals surface area (Å²) in [6.45, 7) is 0. The first-order chi connectivity index (χ1) is 12.7. The highest BCUT2D eigenvalue weighted by atomic mass is 19.1. The summed E-state index contributed by atoms with van der Waals surface area (Å²) in [6, 6.07) is 12.0. The second-order valence-corrected chi connectivity index (χ2v) is 6.03. The minimum atomic E-state index is -0.305. The predicted molar refractivity (Wildman–Crippen MR) is 92.9 cm³/mol. The van der Waals surface area contributed by atoms with Crippen molar-refractivity contribution >= 4 is 5.95 Å². The average Bonchev–Trinajstić information content (AvgIpc) is 3.16. The minimum absolute atomic E-state index is 0.0992. The van der Waals surface area contributed by atoms with Gasteiger partial charge in [-0.25, -0.2) is 9.07 Å². The SMILES string of the molecule is COc1ccc([C@H]2C[C@H](c3ccccc3F)n3nnnc3N2)cc1OC. The molecule has 26 heavy (non-hydrogen) atoms. The van der Waals surface area contributed by atoms with E-state index in [9.17, 15) is 4.39 Å². The van der Waals surface area contributed by atoms with Gasteiger partial charge in [0.05, 0.1) is 26.3 Å². The lowest BCUT2D eigenvalue weighted by atomic mass is 9.93. The van der Waals surface area contributed by atoms with Gasteiger partial charge in [-0.1, -0.05) is 29.4 Å². The first-order valence-corrected chi connectivity index (χ1v) is 8.22. The van der Waals surface area contributed by atoms with E-state index in [1.54, 1.807) is 31.0 Å². The van der Waals surface area contributed by atoms with Crippen LogP contribution in [0.5, 0.6) is 11.5 Å². The third-order valence-electron chi connectivity index (χ3n) is 4.62. The van der Waals surface area contributed by atoms with Crippen LogP contribution in [0, 0.1) is 5.82 Å². The highest BCUT2D eigenvalue weighted by Gasteiger charge is 2.32. The Hall–Kier alpha value is -3.16. The maximum Gasteiger partial charge on any atom is 0.243 e. The van der Waals surface area contributed by atoms with Crippen LogP contribution in [0.25, 0.3) is 0 Å². The van der Waals surface area contributed by atoms with Crippen molar-refractivity contribution in [1.29, 1.82) is 0 Å². The third-order valence-corrected chi connectivity index (χ3v) is 4.62. The molecule has 0 unspecified atom stereocenters. The molecule has 0 radical (unpaired) electrons. The highest BCUT2D eigenvalue weighted by Crippen LogP contribution is 2.39. The maximum atomic E-state index is 14.4. The van der Waals surface area contributed by atoms with Gasteiger partial charge in [0.2, 0.25) is 5.95 Å². The number of tetrazole rings is 1. The van der Waals surface area contributed by atoms with Gasteiger partial charge in [0.1, 0.15) is 5.82 Å². The number of methoxy groups -OCH3 is 2. The molecule has 1 aliphatic heterocycles. The van der Waals surface area contributed by atoms with E-state index < -0.39 is 0 Å². The fourth-order valence-corrected chi connectivity index (χ4v) is 3.33. The number of nitrogens with one attached hydrogen (secondary N) is 1. The summed E-state index contributed by atoms with van der Waals surface area (Å²) >= 11 is 0. The Bertz CT molecular complexity index is 929. The van der Waals surface area contributed by atoms with E-state index in [2.05, 4.69) is 20.8 Å². The van der Waals surface area contributed by atoms with Gasteiger partial charge in [-0.15, -0.1) is 0 Å². The molecular formula is C18H18FN5O2. The molecule has 0 aliphatic carbocycles. The lowest BCUT2D eigenvalue weighted by Crippen LogP contribution is -2.28. The first kappa shape index (κ1) is 16.3. The zero-order valence-corrected chi connectivity index (χ0v) is 14.4. The smallest absolute Gasteiger partial charge is 0.243 e. The van der Waals surface area contributed by atoms with Crippen LogP contribution < -0.4 is 14.8 Å². The number of aromatic nitrogens is 4. The van der Waals surface area contributed by atoms with Crippen molar-refractivity contribution in [2.24, 2.45) is 0 Å². The molecular weight excluding hydrogens is 337 g/mol. The van der Waals surface area contributed by atoms with Crippen LogP contribution in [-0.2, 0) is 0 Å². The first-order valence-electron chi connectivity index (χ1n) is 8.22.